The number of rotatable bonds is 4. The minimum Gasteiger partial charge on any atom is -0.485 e. The molecular formula is C18H21N3O4. The summed E-state index contributed by atoms with van der Waals surface area (Å²) in [4.78, 5) is 12.4. The zero-order chi connectivity index (χ0) is 17.1. The van der Waals surface area contributed by atoms with Crippen molar-refractivity contribution in [3.8, 4) is 11.5 Å². The van der Waals surface area contributed by atoms with E-state index in [9.17, 15) is 4.79 Å². The van der Waals surface area contributed by atoms with Gasteiger partial charge in [0.2, 0.25) is 6.10 Å². The summed E-state index contributed by atoms with van der Waals surface area (Å²) >= 11 is 0. The first-order chi connectivity index (χ1) is 12.3. The Labute approximate surface area is 145 Å². The first-order valence-corrected chi connectivity index (χ1v) is 8.57. The van der Waals surface area contributed by atoms with Gasteiger partial charge in [0.25, 0.3) is 5.91 Å². The molecule has 7 nitrogen and oxygen atoms in total. The van der Waals surface area contributed by atoms with E-state index in [0.29, 0.717) is 23.1 Å². The maximum Gasteiger partial charge on any atom is 0.269 e. The molecule has 2 aliphatic rings. The number of nitrogens with one attached hydrogen (secondary N) is 1. The summed E-state index contributed by atoms with van der Waals surface area (Å²) in [5, 5.41) is 7.18. The van der Waals surface area contributed by atoms with Gasteiger partial charge < -0.3 is 19.5 Å². The van der Waals surface area contributed by atoms with Gasteiger partial charge in [-0.05, 0) is 30.9 Å². The van der Waals surface area contributed by atoms with Crippen molar-refractivity contribution < 1.29 is 19.0 Å². The highest BCUT2D eigenvalue weighted by atomic mass is 16.6. The molecular weight excluding hydrogens is 322 g/mol. The van der Waals surface area contributed by atoms with Gasteiger partial charge in [-0.3, -0.25) is 9.48 Å². The van der Waals surface area contributed by atoms with Crippen molar-refractivity contribution >= 4 is 11.6 Å². The Morgan fingerprint density at radius 1 is 1.24 bits per heavy atom. The summed E-state index contributed by atoms with van der Waals surface area (Å²) < 4.78 is 18.5. The maximum absolute atomic E-state index is 12.4. The molecule has 1 aromatic heterocycles. The predicted molar refractivity (Wildman–Crippen MR) is 90.8 cm³/mol. The van der Waals surface area contributed by atoms with Gasteiger partial charge >= 0.3 is 0 Å². The highest BCUT2D eigenvalue weighted by molar-refractivity contribution is 5.94. The summed E-state index contributed by atoms with van der Waals surface area (Å²) in [7, 11) is 0. The van der Waals surface area contributed by atoms with E-state index in [2.05, 4.69) is 10.4 Å². The Bertz CT molecular complexity index is 739. The molecule has 0 radical (unpaired) electrons. The fourth-order valence-corrected chi connectivity index (χ4v) is 3.09. The van der Waals surface area contributed by atoms with Crippen LogP contribution in [0.15, 0.2) is 36.7 Å². The number of benzene rings is 1. The number of amides is 1. The second-order valence-electron chi connectivity index (χ2n) is 6.36. The van der Waals surface area contributed by atoms with Crippen molar-refractivity contribution in [1.82, 2.24) is 9.78 Å². The van der Waals surface area contributed by atoms with Gasteiger partial charge in [0, 0.05) is 26.0 Å². The van der Waals surface area contributed by atoms with E-state index in [-0.39, 0.29) is 12.5 Å². The lowest BCUT2D eigenvalue weighted by molar-refractivity contribution is -0.125. The summed E-state index contributed by atoms with van der Waals surface area (Å²) in [5.41, 5.74) is 0.666. The lowest BCUT2D eigenvalue weighted by atomic mass is 10.0. The van der Waals surface area contributed by atoms with Crippen LogP contribution < -0.4 is 14.8 Å². The van der Waals surface area contributed by atoms with Crippen LogP contribution in [0.3, 0.4) is 0 Å². The molecule has 1 atom stereocenters. The second kappa shape index (κ2) is 7.14. The van der Waals surface area contributed by atoms with Gasteiger partial charge in [-0.1, -0.05) is 12.1 Å². The number of aromatic nitrogens is 2. The molecule has 1 N–H and O–H groups in total. The average Bonchev–Trinajstić information content (AvgIpc) is 3.09. The van der Waals surface area contributed by atoms with Crippen LogP contribution in [0.5, 0.6) is 11.5 Å². The van der Waals surface area contributed by atoms with Crippen LogP contribution in [0.1, 0.15) is 12.8 Å². The first kappa shape index (κ1) is 16.0. The van der Waals surface area contributed by atoms with Gasteiger partial charge in [-0.25, -0.2) is 0 Å². The van der Waals surface area contributed by atoms with Crippen LogP contribution in [0.2, 0.25) is 0 Å². The number of hydrogen-bond donors (Lipinski definition) is 1. The van der Waals surface area contributed by atoms with Crippen LogP contribution in [-0.4, -0.2) is 41.6 Å². The minimum absolute atomic E-state index is 0.194. The number of carbonyl (C=O) groups excluding carboxylic acids is 1. The Kier molecular flexibility index (Phi) is 4.56. The first-order valence-electron chi connectivity index (χ1n) is 8.57. The summed E-state index contributed by atoms with van der Waals surface area (Å²) in [6.07, 6.45) is 4.94. The third-order valence-electron chi connectivity index (χ3n) is 4.49. The van der Waals surface area contributed by atoms with Crippen molar-refractivity contribution in [2.24, 2.45) is 5.92 Å². The molecule has 1 fully saturated rings. The number of hydrogen-bond acceptors (Lipinski definition) is 5. The summed E-state index contributed by atoms with van der Waals surface area (Å²) in [5.74, 6) is 1.59. The fourth-order valence-electron chi connectivity index (χ4n) is 3.09. The molecule has 0 spiro atoms. The standard InChI is InChI=1S/C18H21N3O4/c22-18(17-12-24-15-3-1-2-4-16(15)25-17)20-14-9-19-21(11-14)10-13-5-7-23-8-6-13/h1-4,9,11,13,17H,5-8,10,12H2,(H,20,22)/t17-/m0/s1. The van der Waals surface area contributed by atoms with E-state index in [0.717, 1.165) is 32.6 Å². The maximum atomic E-state index is 12.4. The monoisotopic (exact) mass is 343 g/mol. The molecule has 0 saturated carbocycles. The topological polar surface area (TPSA) is 74.6 Å². The molecule has 1 saturated heterocycles. The van der Waals surface area contributed by atoms with Gasteiger partial charge in [0.1, 0.15) is 6.61 Å². The fraction of sp³-hybridized carbons (Fsp3) is 0.444. The van der Waals surface area contributed by atoms with Gasteiger partial charge in [-0.2, -0.15) is 5.10 Å². The molecule has 3 heterocycles. The van der Waals surface area contributed by atoms with Crippen LogP contribution in [0, 0.1) is 5.92 Å². The second-order valence-corrected chi connectivity index (χ2v) is 6.36. The van der Waals surface area contributed by atoms with E-state index < -0.39 is 6.10 Å². The van der Waals surface area contributed by atoms with Crippen LogP contribution in [0.25, 0.3) is 0 Å². The highest BCUT2D eigenvalue weighted by Gasteiger charge is 2.27. The molecule has 25 heavy (non-hydrogen) atoms. The van der Waals surface area contributed by atoms with E-state index in [1.54, 1.807) is 12.3 Å². The van der Waals surface area contributed by atoms with Crippen molar-refractivity contribution in [3.05, 3.63) is 36.7 Å². The minimum atomic E-state index is -0.672. The predicted octanol–water partition coefficient (Wildman–Crippen LogP) is 2.09. The number of carbonyl (C=O) groups is 1. The van der Waals surface area contributed by atoms with Gasteiger partial charge in [0.15, 0.2) is 11.5 Å². The number of para-hydroxylation sites is 2. The van der Waals surface area contributed by atoms with E-state index in [4.69, 9.17) is 14.2 Å². The van der Waals surface area contributed by atoms with E-state index >= 15 is 0 Å². The molecule has 2 aliphatic heterocycles. The molecule has 2 aromatic rings. The Morgan fingerprint density at radius 2 is 2.04 bits per heavy atom. The quantitative estimate of drug-likeness (QED) is 0.920. The molecule has 4 rings (SSSR count). The number of anilines is 1. The lowest BCUT2D eigenvalue weighted by Crippen LogP contribution is -2.40. The Balaban J connectivity index is 1.34. The number of nitrogens with zero attached hydrogens (tertiary/aromatic N) is 2. The van der Waals surface area contributed by atoms with Crippen molar-refractivity contribution in [1.29, 1.82) is 0 Å². The third kappa shape index (κ3) is 3.76. The zero-order valence-electron chi connectivity index (χ0n) is 13.9. The average molecular weight is 343 g/mol. The van der Waals surface area contributed by atoms with E-state index in [1.807, 2.05) is 29.1 Å². The van der Waals surface area contributed by atoms with Crippen LogP contribution in [-0.2, 0) is 16.1 Å². The van der Waals surface area contributed by atoms with Gasteiger partial charge in [0.05, 0.1) is 11.9 Å². The summed E-state index contributed by atoms with van der Waals surface area (Å²) in [6.45, 7) is 2.67. The zero-order valence-corrected chi connectivity index (χ0v) is 13.9. The number of ether oxygens (including phenoxy) is 3. The largest absolute Gasteiger partial charge is 0.485 e. The Hall–Kier alpha value is -2.54. The highest BCUT2D eigenvalue weighted by Crippen LogP contribution is 2.31. The Morgan fingerprint density at radius 3 is 2.88 bits per heavy atom. The molecule has 132 valence electrons. The van der Waals surface area contributed by atoms with Crippen molar-refractivity contribution in [3.63, 3.8) is 0 Å². The number of fused-ring (bicyclic) bond motifs is 1. The van der Waals surface area contributed by atoms with Crippen molar-refractivity contribution in [2.45, 2.75) is 25.5 Å². The van der Waals surface area contributed by atoms with Gasteiger partial charge in [-0.15, -0.1) is 0 Å². The smallest absolute Gasteiger partial charge is 0.269 e. The lowest BCUT2D eigenvalue weighted by Gasteiger charge is -2.25. The molecule has 0 unspecified atom stereocenters. The third-order valence-corrected chi connectivity index (χ3v) is 4.49. The van der Waals surface area contributed by atoms with Crippen LogP contribution >= 0.6 is 0 Å². The van der Waals surface area contributed by atoms with Crippen LogP contribution in [0.4, 0.5) is 5.69 Å². The van der Waals surface area contributed by atoms with Crippen molar-refractivity contribution in [2.75, 3.05) is 25.1 Å². The molecule has 7 heteroatoms. The van der Waals surface area contributed by atoms with E-state index in [1.165, 1.54) is 0 Å². The molecule has 0 bridgehead atoms. The molecule has 0 aliphatic carbocycles. The molecule has 1 amide bonds. The SMILES string of the molecule is O=C(Nc1cnn(CC2CCOCC2)c1)[C@@H]1COc2ccccc2O1. The summed E-state index contributed by atoms with van der Waals surface area (Å²) in [6, 6.07) is 7.34. The molecule has 1 aromatic carbocycles. The normalized spacial score (nSPS) is 20.2.